The number of carbonyl (C=O) groups is 1. The molecule has 1 amide bonds. The number of aromatic nitrogens is 1. The number of anilines is 1. The molecule has 0 spiro atoms. The van der Waals surface area contributed by atoms with Crippen molar-refractivity contribution in [3.05, 3.63) is 59.7 Å². The Hall–Kier alpha value is -2.44. The molecule has 0 fully saturated rings. The van der Waals surface area contributed by atoms with Gasteiger partial charge in [-0.3, -0.25) is 9.78 Å². The van der Waals surface area contributed by atoms with Gasteiger partial charge in [-0.25, -0.2) is 4.39 Å². The van der Waals surface area contributed by atoms with Crippen molar-refractivity contribution in [2.45, 2.75) is 6.18 Å². The summed E-state index contributed by atoms with van der Waals surface area (Å²) in [5, 5.41) is 2.09. The van der Waals surface area contributed by atoms with E-state index in [-0.39, 0.29) is 5.56 Å². The van der Waals surface area contributed by atoms with Crippen LogP contribution in [-0.2, 0) is 6.18 Å². The molecule has 0 saturated heterocycles. The molecule has 20 heavy (non-hydrogen) atoms. The average molecular weight is 284 g/mol. The number of carbonyl (C=O) groups excluding carboxylic acids is 1. The molecule has 1 aromatic heterocycles. The second kappa shape index (κ2) is 5.28. The predicted octanol–water partition coefficient (Wildman–Crippen LogP) is 3.49. The standard InChI is InChI=1S/C13H8F4N2O/c14-11-9(13(15,16)17)4-1-5-10(11)19-12(20)8-3-2-6-18-7-8/h1-7H,(H,19,20). The summed E-state index contributed by atoms with van der Waals surface area (Å²) in [5.41, 5.74) is -1.85. The van der Waals surface area contributed by atoms with Crippen LogP contribution in [0.3, 0.4) is 0 Å². The summed E-state index contributed by atoms with van der Waals surface area (Å²) < 4.78 is 51.3. The van der Waals surface area contributed by atoms with Crippen LogP contribution in [0.25, 0.3) is 0 Å². The van der Waals surface area contributed by atoms with Crippen molar-refractivity contribution in [3.8, 4) is 0 Å². The van der Waals surface area contributed by atoms with E-state index >= 15 is 0 Å². The lowest BCUT2D eigenvalue weighted by Gasteiger charge is -2.11. The fourth-order valence-corrected chi connectivity index (χ4v) is 1.54. The van der Waals surface area contributed by atoms with Gasteiger partial charge in [-0.05, 0) is 24.3 Å². The normalized spacial score (nSPS) is 11.2. The number of hydrogen-bond donors (Lipinski definition) is 1. The van der Waals surface area contributed by atoms with Gasteiger partial charge in [0.15, 0.2) is 5.82 Å². The third-order valence-corrected chi connectivity index (χ3v) is 2.48. The van der Waals surface area contributed by atoms with E-state index in [1.54, 1.807) is 0 Å². The summed E-state index contributed by atoms with van der Waals surface area (Å²) in [7, 11) is 0. The van der Waals surface area contributed by atoms with Gasteiger partial charge in [-0.1, -0.05) is 6.07 Å². The molecule has 2 aromatic rings. The van der Waals surface area contributed by atoms with Crippen LogP contribution in [0.2, 0.25) is 0 Å². The Morgan fingerprint density at radius 2 is 1.90 bits per heavy atom. The highest BCUT2D eigenvalue weighted by molar-refractivity contribution is 6.04. The van der Waals surface area contributed by atoms with Crippen LogP contribution in [-0.4, -0.2) is 10.9 Å². The van der Waals surface area contributed by atoms with E-state index in [0.29, 0.717) is 6.07 Å². The van der Waals surface area contributed by atoms with Gasteiger partial charge in [0, 0.05) is 12.4 Å². The maximum Gasteiger partial charge on any atom is 0.419 e. The molecule has 104 valence electrons. The lowest BCUT2D eigenvalue weighted by Crippen LogP contribution is -2.16. The number of halogens is 4. The van der Waals surface area contributed by atoms with Crippen molar-refractivity contribution < 1.29 is 22.4 Å². The number of hydrogen-bond acceptors (Lipinski definition) is 2. The van der Waals surface area contributed by atoms with Crippen LogP contribution >= 0.6 is 0 Å². The first-order valence-corrected chi connectivity index (χ1v) is 5.46. The number of alkyl halides is 3. The number of nitrogens with one attached hydrogen (secondary N) is 1. The molecule has 0 aliphatic rings. The number of rotatable bonds is 2. The molecular formula is C13H8F4N2O. The zero-order chi connectivity index (χ0) is 14.8. The quantitative estimate of drug-likeness (QED) is 0.858. The zero-order valence-corrected chi connectivity index (χ0v) is 9.91. The first-order valence-electron chi connectivity index (χ1n) is 5.46. The molecule has 0 bridgehead atoms. The van der Waals surface area contributed by atoms with Crippen LogP contribution in [0, 0.1) is 5.82 Å². The summed E-state index contributed by atoms with van der Waals surface area (Å²) >= 11 is 0. The topological polar surface area (TPSA) is 42.0 Å². The Labute approximate surface area is 111 Å². The fraction of sp³-hybridized carbons (Fsp3) is 0.0769. The summed E-state index contributed by atoms with van der Waals surface area (Å²) in [6.07, 6.45) is -2.17. The Balaban J connectivity index is 2.29. The van der Waals surface area contributed by atoms with Gasteiger partial charge in [-0.2, -0.15) is 13.2 Å². The molecule has 0 saturated carbocycles. The number of nitrogens with zero attached hydrogens (tertiary/aromatic N) is 1. The van der Waals surface area contributed by atoms with E-state index in [2.05, 4.69) is 10.3 Å². The molecule has 2 rings (SSSR count). The molecule has 1 N–H and O–H groups in total. The Morgan fingerprint density at radius 3 is 2.50 bits per heavy atom. The first kappa shape index (κ1) is 14.0. The Morgan fingerprint density at radius 1 is 1.15 bits per heavy atom. The van der Waals surface area contributed by atoms with E-state index in [4.69, 9.17) is 0 Å². The minimum absolute atomic E-state index is 0.115. The summed E-state index contributed by atoms with van der Waals surface area (Å²) in [6.45, 7) is 0. The van der Waals surface area contributed by atoms with Gasteiger partial charge < -0.3 is 5.32 Å². The van der Waals surface area contributed by atoms with Crippen molar-refractivity contribution in [1.82, 2.24) is 4.98 Å². The van der Waals surface area contributed by atoms with E-state index < -0.39 is 29.2 Å². The predicted molar refractivity (Wildman–Crippen MR) is 63.6 cm³/mol. The molecule has 0 aliphatic heterocycles. The lowest BCUT2D eigenvalue weighted by molar-refractivity contribution is -0.139. The summed E-state index contributed by atoms with van der Waals surface area (Å²) in [5.74, 6) is -2.26. The molecule has 1 heterocycles. The van der Waals surface area contributed by atoms with E-state index in [9.17, 15) is 22.4 Å². The highest BCUT2D eigenvalue weighted by atomic mass is 19.4. The second-order valence-electron chi connectivity index (χ2n) is 3.86. The molecule has 0 radical (unpaired) electrons. The Bertz CT molecular complexity index is 626. The van der Waals surface area contributed by atoms with Crippen LogP contribution in [0.5, 0.6) is 0 Å². The molecule has 3 nitrogen and oxygen atoms in total. The van der Waals surface area contributed by atoms with Gasteiger partial charge in [0.05, 0.1) is 16.8 Å². The van der Waals surface area contributed by atoms with E-state index in [1.165, 1.54) is 24.5 Å². The van der Waals surface area contributed by atoms with Gasteiger partial charge in [0.2, 0.25) is 0 Å². The monoisotopic (exact) mass is 284 g/mol. The zero-order valence-electron chi connectivity index (χ0n) is 9.91. The second-order valence-corrected chi connectivity index (χ2v) is 3.86. The highest BCUT2D eigenvalue weighted by Crippen LogP contribution is 2.33. The highest BCUT2D eigenvalue weighted by Gasteiger charge is 2.35. The Kier molecular flexibility index (Phi) is 3.69. The molecular weight excluding hydrogens is 276 g/mol. The maximum atomic E-state index is 13.7. The largest absolute Gasteiger partial charge is 0.419 e. The number of benzene rings is 1. The van der Waals surface area contributed by atoms with Crippen molar-refractivity contribution in [1.29, 1.82) is 0 Å². The van der Waals surface area contributed by atoms with Crippen molar-refractivity contribution >= 4 is 11.6 Å². The third kappa shape index (κ3) is 2.93. The van der Waals surface area contributed by atoms with Crippen LogP contribution in [0.4, 0.5) is 23.2 Å². The summed E-state index contributed by atoms with van der Waals surface area (Å²) in [4.78, 5) is 15.4. The molecule has 7 heteroatoms. The molecule has 0 atom stereocenters. The van der Waals surface area contributed by atoms with E-state index in [1.807, 2.05) is 0 Å². The van der Waals surface area contributed by atoms with Crippen LogP contribution < -0.4 is 5.32 Å². The number of pyridine rings is 1. The third-order valence-electron chi connectivity index (χ3n) is 2.48. The number of amides is 1. The molecule has 1 aromatic carbocycles. The van der Waals surface area contributed by atoms with Gasteiger partial charge >= 0.3 is 6.18 Å². The SMILES string of the molecule is O=C(Nc1cccc(C(F)(F)F)c1F)c1cccnc1. The van der Waals surface area contributed by atoms with Gasteiger partial charge in [0.25, 0.3) is 5.91 Å². The van der Waals surface area contributed by atoms with Gasteiger partial charge in [0.1, 0.15) is 0 Å². The minimum atomic E-state index is -4.82. The fourth-order valence-electron chi connectivity index (χ4n) is 1.54. The van der Waals surface area contributed by atoms with Crippen molar-refractivity contribution in [2.75, 3.05) is 5.32 Å². The molecule has 0 aliphatic carbocycles. The van der Waals surface area contributed by atoms with E-state index in [0.717, 1.165) is 12.1 Å². The van der Waals surface area contributed by atoms with Gasteiger partial charge in [-0.15, -0.1) is 0 Å². The van der Waals surface area contributed by atoms with Crippen molar-refractivity contribution in [3.63, 3.8) is 0 Å². The molecule has 0 unspecified atom stereocenters. The lowest BCUT2D eigenvalue weighted by atomic mass is 10.1. The van der Waals surface area contributed by atoms with Crippen LogP contribution in [0.1, 0.15) is 15.9 Å². The van der Waals surface area contributed by atoms with Crippen LogP contribution in [0.15, 0.2) is 42.7 Å². The maximum absolute atomic E-state index is 13.7. The minimum Gasteiger partial charge on any atom is -0.319 e. The first-order chi connectivity index (χ1) is 9.39. The smallest absolute Gasteiger partial charge is 0.319 e. The summed E-state index contributed by atoms with van der Waals surface area (Å²) in [6, 6.07) is 5.57. The van der Waals surface area contributed by atoms with Crippen molar-refractivity contribution in [2.24, 2.45) is 0 Å². The average Bonchev–Trinajstić information content (AvgIpc) is 2.40.